The van der Waals surface area contributed by atoms with Crippen LogP contribution in [0, 0.1) is 5.82 Å². The highest BCUT2D eigenvalue weighted by Gasteiger charge is 2.14. The zero-order valence-electron chi connectivity index (χ0n) is 16.8. The van der Waals surface area contributed by atoms with Gasteiger partial charge in [0.25, 0.3) is 0 Å². The molecule has 152 valence electrons. The Kier molecular flexibility index (Phi) is 8.11. The van der Waals surface area contributed by atoms with Crippen LogP contribution in [0.3, 0.4) is 0 Å². The van der Waals surface area contributed by atoms with E-state index in [2.05, 4.69) is 5.32 Å². The molecule has 1 unspecified atom stereocenters. The Morgan fingerprint density at radius 1 is 1.07 bits per heavy atom. The molecule has 0 heterocycles. The minimum Gasteiger partial charge on any atom is -0.493 e. The van der Waals surface area contributed by atoms with Crippen molar-refractivity contribution >= 4 is 5.91 Å². The Bertz CT molecular complexity index is 779. The fraction of sp³-hybridized carbons (Fsp3) is 0.409. The molecule has 2 rings (SSSR count). The summed E-state index contributed by atoms with van der Waals surface area (Å²) in [6.07, 6.45) is 0.838. The van der Waals surface area contributed by atoms with E-state index in [9.17, 15) is 9.18 Å². The van der Waals surface area contributed by atoms with Gasteiger partial charge in [-0.15, -0.1) is 0 Å². The largest absolute Gasteiger partial charge is 0.493 e. The summed E-state index contributed by atoms with van der Waals surface area (Å²) in [5, 5.41) is 2.95. The predicted molar refractivity (Wildman–Crippen MR) is 106 cm³/mol. The van der Waals surface area contributed by atoms with Crippen LogP contribution in [0.25, 0.3) is 0 Å². The first-order valence-corrected chi connectivity index (χ1v) is 9.42. The third-order valence-electron chi connectivity index (χ3n) is 4.07. The Morgan fingerprint density at radius 3 is 2.50 bits per heavy atom. The van der Waals surface area contributed by atoms with Crippen LogP contribution >= 0.6 is 0 Å². The van der Waals surface area contributed by atoms with E-state index in [-0.39, 0.29) is 30.4 Å². The highest BCUT2D eigenvalue weighted by Crippen LogP contribution is 2.31. The van der Waals surface area contributed by atoms with Crippen molar-refractivity contribution in [3.8, 4) is 17.2 Å². The molecule has 1 atom stereocenters. The second-order valence-corrected chi connectivity index (χ2v) is 6.75. The Balaban J connectivity index is 1.82. The number of carbonyl (C=O) groups excluding carboxylic acids is 1. The van der Waals surface area contributed by atoms with E-state index in [0.29, 0.717) is 24.3 Å². The van der Waals surface area contributed by atoms with Crippen molar-refractivity contribution in [2.24, 2.45) is 0 Å². The second-order valence-electron chi connectivity index (χ2n) is 6.75. The molecular weight excluding hydrogens is 361 g/mol. The Labute approximate surface area is 165 Å². The molecule has 0 spiro atoms. The number of methoxy groups -OCH3 is 1. The predicted octanol–water partition coefficient (Wildman–Crippen LogP) is 4.66. The minimum atomic E-state index is -0.403. The summed E-state index contributed by atoms with van der Waals surface area (Å²) in [6.45, 7) is 6.08. The van der Waals surface area contributed by atoms with Crippen molar-refractivity contribution in [2.75, 3.05) is 13.7 Å². The number of hydrogen-bond acceptors (Lipinski definition) is 4. The SMILES string of the molecule is COc1cc(C(C)NC(=O)CCCOc2ccccc2F)ccc1OC(C)C. The molecule has 0 fully saturated rings. The molecule has 0 saturated carbocycles. The van der Waals surface area contributed by atoms with Gasteiger partial charge in [-0.3, -0.25) is 4.79 Å². The molecule has 0 aliphatic carbocycles. The summed E-state index contributed by atoms with van der Waals surface area (Å²) < 4.78 is 29.9. The molecular formula is C22H28FNO4. The van der Waals surface area contributed by atoms with E-state index in [1.807, 2.05) is 39.0 Å². The Morgan fingerprint density at radius 2 is 1.82 bits per heavy atom. The highest BCUT2D eigenvalue weighted by atomic mass is 19.1. The van der Waals surface area contributed by atoms with Crippen molar-refractivity contribution in [3.05, 3.63) is 53.8 Å². The van der Waals surface area contributed by atoms with Gasteiger partial charge in [0.15, 0.2) is 23.1 Å². The summed E-state index contributed by atoms with van der Waals surface area (Å²) in [5.74, 6) is 1.01. The molecule has 28 heavy (non-hydrogen) atoms. The van der Waals surface area contributed by atoms with Gasteiger partial charge in [0, 0.05) is 6.42 Å². The summed E-state index contributed by atoms with van der Waals surface area (Å²) in [4.78, 5) is 12.2. The molecule has 6 heteroatoms. The molecule has 0 saturated heterocycles. The lowest BCUT2D eigenvalue weighted by atomic mass is 10.1. The van der Waals surface area contributed by atoms with E-state index < -0.39 is 5.82 Å². The number of para-hydroxylation sites is 1. The van der Waals surface area contributed by atoms with Crippen molar-refractivity contribution in [1.29, 1.82) is 0 Å². The van der Waals surface area contributed by atoms with E-state index in [1.165, 1.54) is 6.07 Å². The number of carbonyl (C=O) groups is 1. The topological polar surface area (TPSA) is 56.8 Å². The van der Waals surface area contributed by atoms with Gasteiger partial charge >= 0.3 is 0 Å². The van der Waals surface area contributed by atoms with Gasteiger partial charge in [0.1, 0.15) is 0 Å². The highest BCUT2D eigenvalue weighted by molar-refractivity contribution is 5.76. The van der Waals surface area contributed by atoms with Crippen molar-refractivity contribution in [3.63, 3.8) is 0 Å². The quantitative estimate of drug-likeness (QED) is 0.601. The lowest BCUT2D eigenvalue weighted by Gasteiger charge is -2.18. The van der Waals surface area contributed by atoms with Crippen LogP contribution in [0.1, 0.15) is 45.2 Å². The molecule has 5 nitrogen and oxygen atoms in total. The number of rotatable bonds is 10. The average Bonchev–Trinajstić information content (AvgIpc) is 2.66. The first-order valence-electron chi connectivity index (χ1n) is 9.42. The molecule has 0 aromatic heterocycles. The molecule has 0 aliphatic rings. The molecule has 1 N–H and O–H groups in total. The summed E-state index contributed by atoms with van der Waals surface area (Å²) in [7, 11) is 1.59. The third kappa shape index (κ3) is 6.44. The number of hydrogen-bond donors (Lipinski definition) is 1. The fourth-order valence-electron chi connectivity index (χ4n) is 2.68. The van der Waals surface area contributed by atoms with Crippen molar-refractivity contribution < 1.29 is 23.4 Å². The maximum Gasteiger partial charge on any atom is 0.220 e. The third-order valence-corrected chi connectivity index (χ3v) is 4.07. The monoisotopic (exact) mass is 389 g/mol. The lowest BCUT2D eigenvalue weighted by Crippen LogP contribution is -2.26. The maximum atomic E-state index is 13.5. The molecule has 1 amide bonds. The van der Waals surface area contributed by atoms with Gasteiger partial charge in [0.05, 0.1) is 25.9 Å². The maximum absolute atomic E-state index is 13.5. The van der Waals surface area contributed by atoms with Crippen LogP contribution < -0.4 is 19.5 Å². The zero-order valence-corrected chi connectivity index (χ0v) is 16.8. The second kappa shape index (κ2) is 10.5. The number of halogens is 1. The van der Waals surface area contributed by atoms with Gasteiger partial charge < -0.3 is 19.5 Å². The average molecular weight is 389 g/mol. The Hall–Kier alpha value is -2.76. The molecule has 0 aliphatic heterocycles. The van der Waals surface area contributed by atoms with Gasteiger partial charge in [0.2, 0.25) is 5.91 Å². The van der Waals surface area contributed by atoms with Gasteiger partial charge in [-0.1, -0.05) is 18.2 Å². The van der Waals surface area contributed by atoms with Gasteiger partial charge in [-0.2, -0.15) is 0 Å². The molecule has 2 aromatic carbocycles. The minimum absolute atomic E-state index is 0.0449. The number of benzene rings is 2. The summed E-state index contributed by atoms with van der Waals surface area (Å²) in [6, 6.07) is 11.7. The van der Waals surface area contributed by atoms with Crippen LogP contribution in [0.15, 0.2) is 42.5 Å². The van der Waals surface area contributed by atoms with E-state index >= 15 is 0 Å². The first kappa shape index (κ1) is 21.5. The van der Waals surface area contributed by atoms with Crippen LogP contribution in [0.2, 0.25) is 0 Å². The zero-order chi connectivity index (χ0) is 20.5. The fourth-order valence-corrected chi connectivity index (χ4v) is 2.68. The van der Waals surface area contributed by atoms with Crippen LogP contribution in [-0.4, -0.2) is 25.7 Å². The number of ether oxygens (including phenoxy) is 3. The molecule has 2 aromatic rings. The van der Waals surface area contributed by atoms with Crippen LogP contribution in [-0.2, 0) is 4.79 Å². The molecule has 0 bridgehead atoms. The van der Waals surface area contributed by atoms with Crippen molar-refractivity contribution in [1.82, 2.24) is 5.32 Å². The van der Waals surface area contributed by atoms with Crippen LogP contribution in [0.4, 0.5) is 4.39 Å². The standard InChI is InChI=1S/C22H28FNO4/c1-15(2)28-20-12-11-17(14-21(20)26-4)16(3)24-22(25)10-7-13-27-19-9-6-5-8-18(19)23/h5-6,8-9,11-12,14-16H,7,10,13H2,1-4H3,(H,24,25). The van der Waals surface area contributed by atoms with Gasteiger partial charge in [-0.05, 0) is 57.0 Å². The number of amides is 1. The van der Waals surface area contributed by atoms with Crippen molar-refractivity contribution in [2.45, 2.75) is 45.8 Å². The lowest BCUT2D eigenvalue weighted by molar-refractivity contribution is -0.121. The van der Waals surface area contributed by atoms with E-state index in [0.717, 1.165) is 5.56 Å². The summed E-state index contributed by atoms with van der Waals surface area (Å²) in [5.41, 5.74) is 0.920. The van der Waals surface area contributed by atoms with E-state index in [1.54, 1.807) is 25.3 Å². The number of nitrogens with one attached hydrogen (secondary N) is 1. The van der Waals surface area contributed by atoms with E-state index in [4.69, 9.17) is 14.2 Å². The van der Waals surface area contributed by atoms with Gasteiger partial charge in [-0.25, -0.2) is 4.39 Å². The van der Waals surface area contributed by atoms with Crippen LogP contribution in [0.5, 0.6) is 17.2 Å². The normalized spacial score (nSPS) is 11.8. The first-order chi connectivity index (χ1) is 13.4. The molecule has 0 radical (unpaired) electrons. The summed E-state index contributed by atoms with van der Waals surface area (Å²) >= 11 is 0. The smallest absolute Gasteiger partial charge is 0.220 e.